The van der Waals surface area contributed by atoms with Gasteiger partial charge in [0.05, 0.1) is 6.04 Å². The second kappa shape index (κ2) is 7.70. The lowest BCUT2D eigenvalue weighted by Crippen LogP contribution is -2.32. The maximum Gasteiger partial charge on any atom is 0.274 e. The highest BCUT2D eigenvalue weighted by Crippen LogP contribution is 2.18. The molecule has 2 heterocycles. The number of hydrogen-bond donors (Lipinski definition) is 1. The molecule has 1 fully saturated rings. The average Bonchev–Trinajstić information content (AvgIpc) is 3.12. The first-order valence-corrected chi connectivity index (χ1v) is 8.82. The third kappa shape index (κ3) is 4.20. The minimum Gasteiger partial charge on any atom is -0.378 e. The summed E-state index contributed by atoms with van der Waals surface area (Å²) >= 11 is 0. The van der Waals surface area contributed by atoms with E-state index >= 15 is 0 Å². The van der Waals surface area contributed by atoms with E-state index in [1.807, 2.05) is 50.2 Å². The molecule has 1 aliphatic rings. The Hall–Kier alpha value is -2.34. The molecule has 0 bridgehead atoms. The molecule has 1 unspecified atom stereocenters. The van der Waals surface area contributed by atoms with Crippen molar-refractivity contribution < 1.29 is 4.79 Å². The monoisotopic (exact) mass is 341 g/mol. The van der Waals surface area contributed by atoms with Crippen LogP contribution < -0.4 is 10.2 Å². The maximum absolute atomic E-state index is 12.7. The van der Waals surface area contributed by atoms with E-state index in [-0.39, 0.29) is 5.91 Å². The first-order chi connectivity index (χ1) is 12.0. The van der Waals surface area contributed by atoms with Gasteiger partial charge in [-0.3, -0.25) is 9.48 Å². The molecular weight excluding hydrogens is 314 g/mol. The normalized spacial score (nSPS) is 17.3. The lowest BCUT2D eigenvalue weighted by atomic mass is 10.1. The first kappa shape index (κ1) is 17.5. The third-order valence-electron chi connectivity index (χ3n) is 4.67. The van der Waals surface area contributed by atoms with Crippen LogP contribution in [0.3, 0.4) is 0 Å². The molecule has 1 saturated heterocycles. The molecule has 1 aromatic carbocycles. The van der Waals surface area contributed by atoms with Gasteiger partial charge in [-0.2, -0.15) is 5.10 Å². The standard InChI is InChI=1S/C19H27N5O/c1-22(2)16-7-4-6-15(12-16)14-23(3)19(25)18-9-11-24(21-18)17-8-5-10-20-13-17/h4,6-7,9,11-12,17,20H,5,8,10,13-14H2,1-3H3. The summed E-state index contributed by atoms with van der Waals surface area (Å²) < 4.78 is 1.93. The Morgan fingerprint density at radius 3 is 2.88 bits per heavy atom. The largest absolute Gasteiger partial charge is 0.378 e. The van der Waals surface area contributed by atoms with E-state index < -0.39 is 0 Å². The van der Waals surface area contributed by atoms with Gasteiger partial charge >= 0.3 is 0 Å². The van der Waals surface area contributed by atoms with E-state index in [0.717, 1.165) is 37.2 Å². The fourth-order valence-electron chi connectivity index (χ4n) is 3.19. The van der Waals surface area contributed by atoms with Crippen molar-refractivity contribution in [1.29, 1.82) is 0 Å². The molecule has 1 N–H and O–H groups in total. The topological polar surface area (TPSA) is 53.4 Å². The average molecular weight is 341 g/mol. The van der Waals surface area contributed by atoms with E-state index in [4.69, 9.17) is 0 Å². The van der Waals surface area contributed by atoms with Crippen LogP contribution in [0.2, 0.25) is 0 Å². The number of benzene rings is 1. The van der Waals surface area contributed by atoms with Crippen LogP contribution in [0.5, 0.6) is 0 Å². The smallest absolute Gasteiger partial charge is 0.274 e. The molecule has 0 aliphatic carbocycles. The van der Waals surface area contributed by atoms with E-state index in [2.05, 4.69) is 27.4 Å². The zero-order chi connectivity index (χ0) is 17.8. The zero-order valence-corrected chi connectivity index (χ0v) is 15.3. The van der Waals surface area contributed by atoms with Crippen LogP contribution >= 0.6 is 0 Å². The third-order valence-corrected chi connectivity index (χ3v) is 4.67. The molecule has 6 heteroatoms. The highest BCUT2D eigenvalue weighted by molar-refractivity contribution is 5.92. The Bertz CT molecular complexity index is 718. The molecule has 6 nitrogen and oxygen atoms in total. The number of amides is 1. The minimum absolute atomic E-state index is 0.0437. The molecule has 2 aromatic rings. The quantitative estimate of drug-likeness (QED) is 0.905. The number of anilines is 1. The summed E-state index contributed by atoms with van der Waals surface area (Å²) in [4.78, 5) is 16.5. The minimum atomic E-state index is -0.0437. The van der Waals surface area contributed by atoms with Gasteiger partial charge < -0.3 is 15.1 Å². The molecule has 0 saturated carbocycles. The lowest BCUT2D eigenvalue weighted by Gasteiger charge is -2.23. The van der Waals surface area contributed by atoms with Crippen molar-refractivity contribution in [3.8, 4) is 0 Å². The van der Waals surface area contributed by atoms with E-state index in [1.165, 1.54) is 0 Å². The van der Waals surface area contributed by atoms with Gasteiger partial charge in [0, 0.05) is 46.1 Å². The fraction of sp³-hybridized carbons (Fsp3) is 0.474. The van der Waals surface area contributed by atoms with Crippen LogP contribution in [-0.4, -0.2) is 54.8 Å². The number of rotatable bonds is 5. The van der Waals surface area contributed by atoms with Gasteiger partial charge in [-0.1, -0.05) is 12.1 Å². The van der Waals surface area contributed by atoms with Crippen LogP contribution in [-0.2, 0) is 6.54 Å². The van der Waals surface area contributed by atoms with E-state index in [0.29, 0.717) is 18.3 Å². The highest BCUT2D eigenvalue weighted by atomic mass is 16.2. The van der Waals surface area contributed by atoms with Crippen LogP contribution in [0.15, 0.2) is 36.5 Å². The summed E-state index contributed by atoms with van der Waals surface area (Å²) in [5, 5.41) is 7.90. The molecule has 1 aliphatic heterocycles. The summed E-state index contributed by atoms with van der Waals surface area (Å²) in [6.07, 6.45) is 4.18. The summed E-state index contributed by atoms with van der Waals surface area (Å²) in [6, 6.07) is 10.4. The summed E-state index contributed by atoms with van der Waals surface area (Å²) in [5.41, 5.74) is 2.75. The van der Waals surface area contributed by atoms with Crippen molar-refractivity contribution in [3.63, 3.8) is 0 Å². The molecule has 1 amide bonds. The van der Waals surface area contributed by atoms with Crippen LogP contribution in [0, 0.1) is 0 Å². The van der Waals surface area contributed by atoms with Gasteiger partial charge in [-0.25, -0.2) is 0 Å². The molecule has 0 radical (unpaired) electrons. The van der Waals surface area contributed by atoms with Crippen molar-refractivity contribution in [3.05, 3.63) is 47.8 Å². The summed E-state index contributed by atoms with van der Waals surface area (Å²) in [5.74, 6) is -0.0437. The molecule has 1 atom stereocenters. The van der Waals surface area contributed by atoms with Gasteiger partial charge in [0.1, 0.15) is 5.69 Å². The number of aromatic nitrogens is 2. The molecule has 1 aromatic heterocycles. The van der Waals surface area contributed by atoms with Crippen LogP contribution in [0.25, 0.3) is 0 Å². The van der Waals surface area contributed by atoms with Gasteiger partial charge in [0.15, 0.2) is 0 Å². The Kier molecular flexibility index (Phi) is 5.38. The number of nitrogens with zero attached hydrogens (tertiary/aromatic N) is 4. The van der Waals surface area contributed by atoms with Gasteiger partial charge in [-0.05, 0) is 43.1 Å². The maximum atomic E-state index is 12.7. The van der Waals surface area contributed by atoms with Crippen molar-refractivity contribution >= 4 is 11.6 Å². The summed E-state index contributed by atoms with van der Waals surface area (Å²) in [6.45, 7) is 2.55. The van der Waals surface area contributed by atoms with E-state index in [9.17, 15) is 4.79 Å². The first-order valence-electron chi connectivity index (χ1n) is 8.82. The van der Waals surface area contributed by atoms with E-state index in [1.54, 1.807) is 4.90 Å². The Morgan fingerprint density at radius 1 is 1.32 bits per heavy atom. The Labute approximate surface area is 149 Å². The predicted molar refractivity (Wildman–Crippen MR) is 99.9 cm³/mol. The Balaban J connectivity index is 1.66. The highest BCUT2D eigenvalue weighted by Gasteiger charge is 2.19. The van der Waals surface area contributed by atoms with Gasteiger partial charge in [-0.15, -0.1) is 0 Å². The second-order valence-electron chi connectivity index (χ2n) is 6.91. The number of carbonyl (C=O) groups is 1. The predicted octanol–water partition coefficient (Wildman–Crippen LogP) is 2.15. The molecule has 25 heavy (non-hydrogen) atoms. The number of nitrogens with one attached hydrogen (secondary N) is 1. The fourth-order valence-corrected chi connectivity index (χ4v) is 3.19. The SMILES string of the molecule is CN(Cc1cccc(N(C)C)c1)C(=O)c1ccn(C2CCCNC2)n1. The number of hydrogen-bond acceptors (Lipinski definition) is 4. The number of piperidine rings is 1. The summed E-state index contributed by atoms with van der Waals surface area (Å²) in [7, 11) is 5.85. The molecule has 3 rings (SSSR count). The van der Waals surface area contributed by atoms with Crippen LogP contribution in [0.4, 0.5) is 5.69 Å². The molecule has 0 spiro atoms. The molecular formula is C19H27N5O. The Morgan fingerprint density at radius 2 is 2.16 bits per heavy atom. The second-order valence-corrected chi connectivity index (χ2v) is 6.91. The number of carbonyl (C=O) groups excluding carboxylic acids is 1. The lowest BCUT2D eigenvalue weighted by molar-refractivity contribution is 0.0778. The van der Waals surface area contributed by atoms with Crippen LogP contribution in [0.1, 0.15) is 34.9 Å². The van der Waals surface area contributed by atoms with Crippen molar-refractivity contribution in [2.24, 2.45) is 0 Å². The van der Waals surface area contributed by atoms with Crippen molar-refractivity contribution in [2.45, 2.75) is 25.4 Å². The van der Waals surface area contributed by atoms with Gasteiger partial charge in [0.2, 0.25) is 0 Å². The molecule has 134 valence electrons. The van der Waals surface area contributed by atoms with Gasteiger partial charge in [0.25, 0.3) is 5.91 Å². The zero-order valence-electron chi connectivity index (χ0n) is 15.3. The van der Waals surface area contributed by atoms with Crippen molar-refractivity contribution in [2.75, 3.05) is 39.1 Å². The van der Waals surface area contributed by atoms with Crippen molar-refractivity contribution in [1.82, 2.24) is 20.0 Å².